The maximum atomic E-state index is 5.77. The van der Waals surface area contributed by atoms with Crippen LogP contribution in [-0.4, -0.2) is 33.4 Å². The Morgan fingerprint density at radius 2 is 1.69 bits per heavy atom. The van der Waals surface area contributed by atoms with Crippen molar-refractivity contribution in [1.82, 2.24) is 20.2 Å². The smallest absolute Gasteiger partial charge is 0.181 e. The van der Waals surface area contributed by atoms with Crippen LogP contribution in [0, 0.1) is 13.8 Å². The first-order chi connectivity index (χ1) is 14.2. The number of tetrazole rings is 1. The highest BCUT2D eigenvalue weighted by Crippen LogP contribution is 2.43. The summed E-state index contributed by atoms with van der Waals surface area (Å²) < 4.78 is 13.3. The van der Waals surface area contributed by atoms with Crippen LogP contribution >= 0.6 is 0 Å². The van der Waals surface area contributed by atoms with Gasteiger partial charge in [-0.2, -0.15) is 4.68 Å². The maximum Gasteiger partial charge on any atom is 0.181 e. The van der Waals surface area contributed by atoms with E-state index < -0.39 is 0 Å². The molecule has 2 aromatic carbocycles. The van der Waals surface area contributed by atoms with E-state index in [1.54, 1.807) is 0 Å². The highest BCUT2D eigenvalue weighted by molar-refractivity contribution is 5.57. The number of fused-ring (bicyclic) bond motifs is 1. The number of hydrogen-bond acceptors (Lipinski definition) is 6. The van der Waals surface area contributed by atoms with E-state index in [1.165, 1.54) is 0 Å². The fourth-order valence-electron chi connectivity index (χ4n) is 4.56. The molecule has 3 aromatic rings. The Hall–Kier alpha value is -3.09. The minimum absolute atomic E-state index is 0.317. The minimum atomic E-state index is -0.317. The van der Waals surface area contributed by atoms with E-state index in [0.717, 1.165) is 65.5 Å². The molecule has 5 rings (SSSR count). The third kappa shape index (κ3) is 3.10. The van der Waals surface area contributed by atoms with Crippen molar-refractivity contribution in [2.45, 2.75) is 45.1 Å². The van der Waals surface area contributed by atoms with Gasteiger partial charge in [0.15, 0.2) is 17.3 Å². The lowest BCUT2D eigenvalue weighted by atomic mass is 9.95. The van der Waals surface area contributed by atoms with Crippen LogP contribution in [0.3, 0.4) is 0 Å². The van der Waals surface area contributed by atoms with Crippen LogP contribution < -0.4 is 14.8 Å². The average molecular weight is 391 g/mol. The molecule has 0 amide bonds. The molecule has 0 atom stereocenters. The van der Waals surface area contributed by atoms with Crippen LogP contribution in [0.1, 0.15) is 42.6 Å². The predicted octanol–water partition coefficient (Wildman–Crippen LogP) is 3.93. The van der Waals surface area contributed by atoms with Gasteiger partial charge in [0.2, 0.25) is 0 Å². The summed E-state index contributed by atoms with van der Waals surface area (Å²) in [4.78, 5) is 0. The number of hydrogen-bond donors (Lipinski definition) is 1. The topological polar surface area (TPSA) is 74.1 Å². The summed E-state index contributed by atoms with van der Waals surface area (Å²) in [5, 5.41) is 16.7. The van der Waals surface area contributed by atoms with Crippen molar-refractivity contribution in [3.8, 4) is 17.2 Å². The van der Waals surface area contributed by atoms with Gasteiger partial charge < -0.3 is 14.8 Å². The normalized spacial score (nSPS) is 17.3. The summed E-state index contributed by atoms with van der Waals surface area (Å²) in [5.74, 6) is 2.44. The Bertz CT molecular complexity index is 1020. The Balaban J connectivity index is 1.56. The average Bonchev–Trinajstić information content (AvgIpc) is 3.38. The van der Waals surface area contributed by atoms with E-state index in [9.17, 15) is 0 Å². The third-order valence-electron chi connectivity index (χ3n) is 5.93. The quantitative estimate of drug-likeness (QED) is 0.726. The van der Waals surface area contributed by atoms with E-state index in [2.05, 4.69) is 52.9 Å². The van der Waals surface area contributed by atoms with E-state index in [1.807, 2.05) is 22.9 Å². The van der Waals surface area contributed by atoms with Crippen LogP contribution in [0.5, 0.6) is 11.5 Å². The molecule has 1 aliphatic heterocycles. The first-order valence-corrected chi connectivity index (χ1v) is 10.2. The maximum absolute atomic E-state index is 5.77. The monoisotopic (exact) mass is 391 g/mol. The molecule has 1 saturated carbocycles. The van der Waals surface area contributed by atoms with Gasteiger partial charge in [0.1, 0.15) is 13.2 Å². The summed E-state index contributed by atoms with van der Waals surface area (Å²) in [7, 11) is 0. The molecule has 2 aliphatic rings. The SMILES string of the molecule is Cc1cccc(C)c1-n1nnnc1C1(Nc2ccc3c(c2)OCCO3)CCCC1. The van der Waals surface area contributed by atoms with Gasteiger partial charge in [-0.25, -0.2) is 0 Å². The van der Waals surface area contributed by atoms with Crippen molar-refractivity contribution in [2.24, 2.45) is 0 Å². The van der Waals surface area contributed by atoms with Gasteiger partial charge in [-0.15, -0.1) is 5.10 Å². The number of rotatable bonds is 4. The first kappa shape index (κ1) is 18.0. The Labute approximate surface area is 170 Å². The lowest BCUT2D eigenvalue weighted by Gasteiger charge is -2.31. The van der Waals surface area contributed by atoms with Crippen LogP contribution in [0.15, 0.2) is 36.4 Å². The third-order valence-corrected chi connectivity index (χ3v) is 5.93. The zero-order valence-corrected chi connectivity index (χ0v) is 16.8. The Morgan fingerprint density at radius 1 is 0.966 bits per heavy atom. The summed E-state index contributed by atoms with van der Waals surface area (Å²) in [6.07, 6.45) is 4.23. The first-order valence-electron chi connectivity index (χ1n) is 10.2. The van der Waals surface area contributed by atoms with Crippen molar-refractivity contribution in [3.63, 3.8) is 0 Å². The van der Waals surface area contributed by atoms with Crippen LogP contribution in [0.2, 0.25) is 0 Å². The summed E-state index contributed by atoms with van der Waals surface area (Å²) in [5.41, 5.74) is 4.05. The molecular weight excluding hydrogens is 366 g/mol. The van der Waals surface area contributed by atoms with Gasteiger partial charge in [0.05, 0.1) is 11.2 Å². The lowest BCUT2D eigenvalue weighted by molar-refractivity contribution is 0.171. The summed E-state index contributed by atoms with van der Waals surface area (Å²) in [6.45, 7) is 5.37. The number of ether oxygens (including phenoxy) is 2. The standard InChI is InChI=1S/C22H25N5O2/c1-15-6-5-7-16(2)20(15)27-21(24-25-26-27)22(10-3-4-11-22)23-17-8-9-18-19(14-17)29-13-12-28-18/h5-9,14,23H,3-4,10-13H2,1-2H3. The molecule has 0 spiro atoms. The van der Waals surface area contributed by atoms with E-state index >= 15 is 0 Å². The molecule has 7 heteroatoms. The molecule has 1 fully saturated rings. The second-order valence-corrected chi connectivity index (χ2v) is 7.93. The molecule has 0 radical (unpaired) electrons. The van der Waals surface area contributed by atoms with Crippen molar-refractivity contribution in [1.29, 1.82) is 0 Å². The highest BCUT2D eigenvalue weighted by Gasteiger charge is 2.41. The molecule has 1 aliphatic carbocycles. The lowest BCUT2D eigenvalue weighted by Crippen LogP contribution is -2.35. The summed E-state index contributed by atoms with van der Waals surface area (Å²) in [6, 6.07) is 12.3. The molecule has 1 aromatic heterocycles. The Morgan fingerprint density at radius 3 is 2.45 bits per heavy atom. The molecule has 2 heterocycles. The number of aryl methyl sites for hydroxylation is 2. The van der Waals surface area contributed by atoms with Gasteiger partial charge in [0.25, 0.3) is 0 Å². The van der Waals surface area contributed by atoms with Crippen molar-refractivity contribution < 1.29 is 9.47 Å². The molecule has 0 saturated heterocycles. The van der Waals surface area contributed by atoms with Gasteiger partial charge in [-0.3, -0.25) is 0 Å². The van der Waals surface area contributed by atoms with Gasteiger partial charge >= 0.3 is 0 Å². The summed E-state index contributed by atoms with van der Waals surface area (Å²) >= 11 is 0. The van der Waals surface area contributed by atoms with Crippen LogP contribution in [0.4, 0.5) is 5.69 Å². The van der Waals surface area contributed by atoms with Gasteiger partial charge in [0, 0.05) is 11.8 Å². The highest BCUT2D eigenvalue weighted by atomic mass is 16.6. The molecular formula is C22H25N5O2. The number of para-hydroxylation sites is 1. The van der Waals surface area contributed by atoms with Crippen molar-refractivity contribution >= 4 is 5.69 Å². The van der Waals surface area contributed by atoms with Crippen molar-refractivity contribution in [2.75, 3.05) is 18.5 Å². The number of aromatic nitrogens is 4. The second-order valence-electron chi connectivity index (χ2n) is 7.93. The number of nitrogens with zero attached hydrogens (tertiary/aromatic N) is 4. The number of benzene rings is 2. The van der Waals surface area contributed by atoms with E-state index in [-0.39, 0.29) is 5.54 Å². The zero-order chi connectivity index (χ0) is 19.8. The molecule has 1 N–H and O–H groups in total. The predicted molar refractivity (Wildman–Crippen MR) is 110 cm³/mol. The molecule has 29 heavy (non-hydrogen) atoms. The van der Waals surface area contributed by atoms with Crippen LogP contribution in [-0.2, 0) is 5.54 Å². The van der Waals surface area contributed by atoms with Crippen LogP contribution in [0.25, 0.3) is 5.69 Å². The molecule has 150 valence electrons. The van der Waals surface area contributed by atoms with E-state index in [4.69, 9.17) is 9.47 Å². The fraction of sp³-hybridized carbons (Fsp3) is 0.409. The van der Waals surface area contributed by atoms with Crippen molar-refractivity contribution in [3.05, 3.63) is 53.3 Å². The molecule has 7 nitrogen and oxygen atoms in total. The second kappa shape index (κ2) is 7.06. The minimum Gasteiger partial charge on any atom is -0.486 e. The largest absolute Gasteiger partial charge is 0.486 e. The zero-order valence-electron chi connectivity index (χ0n) is 16.8. The number of anilines is 1. The Kier molecular flexibility index (Phi) is 4.38. The molecule has 0 unspecified atom stereocenters. The number of nitrogens with one attached hydrogen (secondary N) is 1. The van der Waals surface area contributed by atoms with Gasteiger partial charge in [-0.1, -0.05) is 31.0 Å². The van der Waals surface area contributed by atoms with E-state index in [0.29, 0.717) is 13.2 Å². The molecule has 0 bridgehead atoms. The van der Waals surface area contributed by atoms with Gasteiger partial charge in [-0.05, 0) is 60.4 Å². The fourth-order valence-corrected chi connectivity index (χ4v) is 4.56.